The second-order valence-electron chi connectivity index (χ2n) is 4.91. The standard InChI is InChI=1S/C10H20NO6Si/c1-8(12)15-18(16-9(2)13,17-10(3)14)7-11(4,5)6/h7H2,1-6H3/q+1. The zero-order valence-electron chi connectivity index (χ0n) is 11.6. The largest absolute Gasteiger partial charge is 0.763 e. The highest BCUT2D eigenvalue weighted by Crippen LogP contribution is 2.15. The molecule has 8 heteroatoms. The first-order chi connectivity index (χ1) is 7.96. The van der Waals surface area contributed by atoms with Crippen LogP contribution in [0.1, 0.15) is 20.8 Å². The summed E-state index contributed by atoms with van der Waals surface area (Å²) >= 11 is 0. The Morgan fingerprint density at radius 3 is 1.28 bits per heavy atom. The predicted octanol–water partition coefficient (Wildman–Crippen LogP) is -0.140. The Morgan fingerprint density at radius 2 is 1.11 bits per heavy atom. The van der Waals surface area contributed by atoms with Crippen LogP contribution in [0.25, 0.3) is 0 Å². The quantitative estimate of drug-likeness (QED) is 0.514. The number of hydrogen-bond donors (Lipinski definition) is 0. The first-order valence-corrected chi connectivity index (χ1v) is 7.28. The maximum absolute atomic E-state index is 11.1. The van der Waals surface area contributed by atoms with Crippen LogP contribution in [-0.4, -0.2) is 58.5 Å². The molecule has 0 heterocycles. The molecule has 0 saturated carbocycles. The first-order valence-electron chi connectivity index (χ1n) is 5.35. The van der Waals surface area contributed by atoms with Crippen molar-refractivity contribution in [1.82, 2.24) is 0 Å². The van der Waals surface area contributed by atoms with Gasteiger partial charge in [-0.05, 0) is 0 Å². The molecule has 0 rings (SSSR count). The summed E-state index contributed by atoms with van der Waals surface area (Å²) in [5.41, 5.74) is 0. The van der Waals surface area contributed by atoms with Crippen molar-refractivity contribution < 1.29 is 32.1 Å². The fourth-order valence-corrected chi connectivity index (χ4v) is 4.19. The summed E-state index contributed by atoms with van der Waals surface area (Å²) in [5, 5.41) is 0. The number of carbonyl (C=O) groups excluding carboxylic acids is 3. The fraction of sp³-hybridized carbons (Fsp3) is 0.700. The normalized spacial score (nSPS) is 11.7. The van der Waals surface area contributed by atoms with E-state index in [0.717, 1.165) is 0 Å². The van der Waals surface area contributed by atoms with Gasteiger partial charge in [-0.3, -0.25) is 14.4 Å². The summed E-state index contributed by atoms with van der Waals surface area (Å²) < 4.78 is 15.4. The number of hydrogen-bond acceptors (Lipinski definition) is 6. The maximum atomic E-state index is 11.1. The van der Waals surface area contributed by atoms with Gasteiger partial charge in [0.2, 0.25) is 0 Å². The molecule has 0 N–H and O–H groups in total. The summed E-state index contributed by atoms with van der Waals surface area (Å²) in [6.07, 6.45) is 0.117. The molecule has 0 aliphatic carbocycles. The Hall–Kier alpha value is -1.41. The van der Waals surface area contributed by atoms with Crippen molar-refractivity contribution in [2.75, 3.05) is 27.3 Å². The predicted molar refractivity (Wildman–Crippen MR) is 64.0 cm³/mol. The molecule has 0 aromatic heterocycles. The Kier molecular flexibility index (Phi) is 5.49. The molecule has 0 bridgehead atoms. The SMILES string of the molecule is CC(=O)O[Si](C[N+](C)(C)C)(OC(C)=O)OC(C)=O. The second kappa shape index (κ2) is 5.96. The van der Waals surface area contributed by atoms with E-state index in [1.54, 1.807) is 21.1 Å². The van der Waals surface area contributed by atoms with Crippen molar-refractivity contribution >= 4 is 26.7 Å². The van der Waals surface area contributed by atoms with Crippen LogP contribution in [0.15, 0.2) is 0 Å². The van der Waals surface area contributed by atoms with Gasteiger partial charge < -0.3 is 17.8 Å². The minimum absolute atomic E-state index is 0.117. The molecular weight excluding hydrogens is 258 g/mol. The van der Waals surface area contributed by atoms with E-state index in [9.17, 15) is 14.4 Å². The minimum atomic E-state index is -3.70. The summed E-state index contributed by atoms with van der Waals surface area (Å²) in [6, 6.07) is 0. The number of carbonyl (C=O) groups is 3. The van der Waals surface area contributed by atoms with E-state index in [4.69, 9.17) is 13.3 Å². The van der Waals surface area contributed by atoms with Gasteiger partial charge in [-0.1, -0.05) is 0 Å². The maximum Gasteiger partial charge on any atom is 0.763 e. The smallest absolute Gasteiger partial charge is 0.452 e. The third kappa shape index (κ3) is 7.02. The van der Waals surface area contributed by atoms with E-state index in [0.29, 0.717) is 4.48 Å². The van der Waals surface area contributed by atoms with Crippen LogP contribution in [0.4, 0.5) is 0 Å². The van der Waals surface area contributed by atoms with Crippen LogP contribution in [0.5, 0.6) is 0 Å². The molecule has 0 aromatic carbocycles. The lowest BCUT2D eigenvalue weighted by Crippen LogP contribution is -2.60. The van der Waals surface area contributed by atoms with Crippen LogP contribution >= 0.6 is 0 Å². The monoisotopic (exact) mass is 278 g/mol. The van der Waals surface area contributed by atoms with E-state index in [1.165, 1.54) is 20.8 Å². The van der Waals surface area contributed by atoms with Gasteiger partial charge in [0.25, 0.3) is 17.9 Å². The van der Waals surface area contributed by atoms with Crippen LogP contribution in [0.3, 0.4) is 0 Å². The van der Waals surface area contributed by atoms with Gasteiger partial charge in [-0.2, -0.15) is 0 Å². The van der Waals surface area contributed by atoms with Crippen molar-refractivity contribution in [3.05, 3.63) is 0 Å². The van der Waals surface area contributed by atoms with Crippen LogP contribution in [0.2, 0.25) is 0 Å². The van der Waals surface area contributed by atoms with Crippen LogP contribution < -0.4 is 0 Å². The zero-order valence-corrected chi connectivity index (χ0v) is 12.6. The van der Waals surface area contributed by atoms with Crippen LogP contribution in [-0.2, 0) is 27.7 Å². The molecule has 0 fully saturated rings. The van der Waals surface area contributed by atoms with Gasteiger partial charge in [0.1, 0.15) is 0 Å². The van der Waals surface area contributed by atoms with Crippen LogP contribution in [0, 0.1) is 0 Å². The number of rotatable bonds is 5. The lowest BCUT2D eigenvalue weighted by atomic mass is 10.8. The van der Waals surface area contributed by atoms with Crippen molar-refractivity contribution in [3.63, 3.8) is 0 Å². The van der Waals surface area contributed by atoms with E-state index < -0.39 is 26.7 Å². The highest BCUT2D eigenvalue weighted by atomic mass is 28.4. The molecule has 0 atom stereocenters. The van der Waals surface area contributed by atoms with E-state index in [2.05, 4.69) is 0 Å². The topological polar surface area (TPSA) is 78.9 Å². The Bertz CT molecular complexity index is 308. The third-order valence-electron chi connectivity index (χ3n) is 1.57. The first kappa shape index (κ1) is 16.6. The Morgan fingerprint density at radius 1 is 0.833 bits per heavy atom. The molecule has 0 spiro atoms. The van der Waals surface area contributed by atoms with Gasteiger partial charge >= 0.3 is 8.80 Å². The van der Waals surface area contributed by atoms with Gasteiger partial charge in [-0.25, -0.2) is 0 Å². The molecule has 0 unspecified atom stereocenters. The molecule has 0 aromatic rings. The highest BCUT2D eigenvalue weighted by Gasteiger charge is 2.57. The molecular formula is C10H20NO6Si+. The summed E-state index contributed by atoms with van der Waals surface area (Å²) in [5.74, 6) is -1.96. The van der Waals surface area contributed by atoms with Crippen molar-refractivity contribution in [1.29, 1.82) is 0 Å². The number of nitrogens with zero attached hydrogens (tertiary/aromatic N) is 1. The minimum Gasteiger partial charge on any atom is -0.452 e. The molecule has 7 nitrogen and oxygen atoms in total. The van der Waals surface area contributed by atoms with E-state index in [-0.39, 0.29) is 6.17 Å². The van der Waals surface area contributed by atoms with E-state index >= 15 is 0 Å². The molecule has 18 heavy (non-hydrogen) atoms. The average Bonchev–Trinajstić information content (AvgIpc) is 1.92. The molecule has 0 aliphatic rings. The number of quaternary nitrogens is 1. The molecule has 104 valence electrons. The summed E-state index contributed by atoms with van der Waals surface area (Å²) in [6.45, 7) is 3.51. The third-order valence-corrected chi connectivity index (χ3v) is 4.70. The summed E-state index contributed by atoms with van der Waals surface area (Å²) in [4.78, 5) is 33.4. The Balaban J connectivity index is 5.29. The lowest BCUT2D eigenvalue weighted by Gasteiger charge is -2.32. The second-order valence-corrected chi connectivity index (χ2v) is 7.21. The van der Waals surface area contributed by atoms with Crippen molar-refractivity contribution in [3.8, 4) is 0 Å². The average molecular weight is 278 g/mol. The van der Waals surface area contributed by atoms with Crippen molar-refractivity contribution in [2.45, 2.75) is 20.8 Å². The van der Waals surface area contributed by atoms with Gasteiger partial charge in [0, 0.05) is 20.8 Å². The Labute approximate surface area is 108 Å². The molecule has 0 amide bonds. The highest BCUT2D eigenvalue weighted by molar-refractivity contribution is 6.65. The molecule has 0 radical (unpaired) electrons. The molecule has 0 saturated heterocycles. The van der Waals surface area contributed by atoms with Gasteiger partial charge in [0.05, 0.1) is 21.1 Å². The van der Waals surface area contributed by atoms with Gasteiger partial charge in [0.15, 0.2) is 6.17 Å². The zero-order chi connectivity index (χ0) is 14.6. The lowest BCUT2D eigenvalue weighted by molar-refractivity contribution is -0.862. The molecule has 0 aliphatic heterocycles. The fourth-order valence-electron chi connectivity index (χ4n) is 1.40. The van der Waals surface area contributed by atoms with Crippen molar-refractivity contribution in [2.24, 2.45) is 0 Å². The summed E-state index contributed by atoms with van der Waals surface area (Å²) in [7, 11) is 1.71. The van der Waals surface area contributed by atoms with E-state index in [1.807, 2.05) is 0 Å². The van der Waals surface area contributed by atoms with Gasteiger partial charge in [-0.15, -0.1) is 0 Å².